The Labute approximate surface area is 212 Å². The predicted octanol–water partition coefficient (Wildman–Crippen LogP) is 3.36. The van der Waals surface area contributed by atoms with Gasteiger partial charge in [0.1, 0.15) is 5.82 Å². The van der Waals surface area contributed by atoms with Crippen molar-refractivity contribution < 1.29 is 19.0 Å². The number of aromatic nitrogens is 2. The Kier molecular flexibility index (Phi) is 7.64. The molecule has 11 heteroatoms. The van der Waals surface area contributed by atoms with Crippen LogP contribution in [0.4, 0.5) is 0 Å². The fourth-order valence-electron chi connectivity index (χ4n) is 3.51. The Bertz CT molecular complexity index is 1320. The maximum Gasteiger partial charge on any atom is 0.282 e. The van der Waals surface area contributed by atoms with Gasteiger partial charge in [0.15, 0.2) is 18.1 Å². The number of ether oxygens (including phenoxy) is 3. The van der Waals surface area contributed by atoms with Crippen molar-refractivity contribution in [2.45, 2.75) is 6.92 Å². The van der Waals surface area contributed by atoms with Gasteiger partial charge in [0.25, 0.3) is 11.5 Å². The van der Waals surface area contributed by atoms with Crippen LogP contribution in [-0.4, -0.2) is 66.7 Å². The Morgan fingerprint density at radius 3 is 2.74 bits per heavy atom. The number of carbonyl (C=O) groups excluding carboxylic acids is 1. The maximum atomic E-state index is 12.9. The molecule has 1 amide bonds. The molecule has 3 aromatic rings. The number of halogens is 2. The zero-order valence-corrected chi connectivity index (χ0v) is 21.8. The first-order valence-electron chi connectivity index (χ1n) is 10.5. The van der Waals surface area contributed by atoms with Crippen LogP contribution in [0.3, 0.4) is 0 Å². The van der Waals surface area contributed by atoms with E-state index in [1.807, 2.05) is 6.07 Å². The van der Waals surface area contributed by atoms with Crippen LogP contribution in [0.1, 0.15) is 11.4 Å². The number of hydrogen-bond acceptors (Lipinski definition) is 7. The van der Waals surface area contributed by atoms with Gasteiger partial charge in [0.2, 0.25) is 0 Å². The number of aryl methyl sites for hydroxylation is 1. The topological polar surface area (TPSA) is 95.2 Å². The molecule has 4 rings (SSSR count). The molecule has 1 aliphatic heterocycles. The molecule has 0 saturated carbocycles. The minimum atomic E-state index is -0.271. The van der Waals surface area contributed by atoms with Gasteiger partial charge < -0.3 is 19.1 Å². The molecule has 1 aromatic heterocycles. The maximum absolute atomic E-state index is 12.9. The molecule has 0 radical (unpaired) electrons. The normalized spacial score (nSPS) is 14.1. The largest absolute Gasteiger partial charge is 0.493 e. The number of morpholine rings is 1. The van der Waals surface area contributed by atoms with Crippen molar-refractivity contribution in [3.8, 4) is 11.5 Å². The van der Waals surface area contributed by atoms with Crippen molar-refractivity contribution in [1.82, 2.24) is 14.6 Å². The Balaban J connectivity index is 1.57. The molecule has 1 fully saturated rings. The molecule has 0 spiro atoms. The van der Waals surface area contributed by atoms with E-state index in [1.54, 1.807) is 36.1 Å². The van der Waals surface area contributed by atoms with Gasteiger partial charge in [-0.05, 0) is 58.7 Å². The smallest absolute Gasteiger partial charge is 0.282 e. The van der Waals surface area contributed by atoms with E-state index in [4.69, 9.17) is 14.2 Å². The summed E-state index contributed by atoms with van der Waals surface area (Å²) in [5, 5.41) is 4.81. The van der Waals surface area contributed by atoms with Crippen molar-refractivity contribution in [3.63, 3.8) is 0 Å². The Morgan fingerprint density at radius 1 is 1.24 bits per heavy atom. The number of amides is 1. The van der Waals surface area contributed by atoms with Crippen LogP contribution in [0.2, 0.25) is 0 Å². The molecule has 34 heavy (non-hydrogen) atoms. The first kappa shape index (κ1) is 24.4. The Hall–Kier alpha value is -2.76. The molecule has 1 aliphatic rings. The van der Waals surface area contributed by atoms with E-state index >= 15 is 0 Å². The van der Waals surface area contributed by atoms with E-state index in [1.165, 1.54) is 18.0 Å². The number of fused-ring (bicyclic) bond motifs is 1. The highest BCUT2D eigenvalue weighted by atomic mass is 79.9. The first-order valence-corrected chi connectivity index (χ1v) is 12.0. The molecule has 0 atom stereocenters. The van der Waals surface area contributed by atoms with E-state index < -0.39 is 0 Å². The van der Waals surface area contributed by atoms with E-state index in [-0.39, 0.29) is 18.1 Å². The summed E-state index contributed by atoms with van der Waals surface area (Å²) in [4.78, 5) is 31.5. The number of rotatable bonds is 6. The second-order valence-electron chi connectivity index (χ2n) is 7.50. The quantitative estimate of drug-likeness (QED) is 0.407. The number of nitrogens with zero attached hydrogens (tertiary/aromatic N) is 4. The zero-order chi connectivity index (χ0) is 24.2. The monoisotopic (exact) mass is 592 g/mol. The van der Waals surface area contributed by atoms with E-state index in [2.05, 4.69) is 41.9 Å². The molecular weight excluding hydrogens is 572 g/mol. The summed E-state index contributed by atoms with van der Waals surface area (Å²) in [5.41, 5.74) is 0.999. The molecule has 0 aliphatic carbocycles. The minimum Gasteiger partial charge on any atom is -0.493 e. The van der Waals surface area contributed by atoms with Crippen molar-refractivity contribution in [3.05, 3.63) is 61.0 Å². The van der Waals surface area contributed by atoms with Crippen LogP contribution in [0.15, 0.2) is 49.2 Å². The second-order valence-corrected chi connectivity index (χ2v) is 9.27. The molecule has 1 saturated heterocycles. The molecule has 178 valence electrons. The number of methoxy groups -OCH3 is 1. The standard InChI is InChI=1S/C23H22Br2N4O5/c1-14-27-19-4-3-16(24)11-17(19)23(31)29(14)26-12-15-9-18(25)22(20(10-15)32-2)34-13-21(30)28-5-7-33-8-6-28/h3-4,9-12H,5-8,13H2,1-2H3. The van der Waals surface area contributed by atoms with Crippen molar-refractivity contribution >= 4 is 54.9 Å². The summed E-state index contributed by atoms with van der Waals surface area (Å²) >= 11 is 6.87. The summed E-state index contributed by atoms with van der Waals surface area (Å²) in [5.74, 6) is 1.18. The molecule has 0 unspecified atom stereocenters. The van der Waals surface area contributed by atoms with Gasteiger partial charge in [0.05, 0.1) is 41.9 Å². The second kappa shape index (κ2) is 10.7. The van der Waals surface area contributed by atoms with Gasteiger partial charge in [-0.2, -0.15) is 9.78 Å². The van der Waals surface area contributed by atoms with Crippen molar-refractivity contribution in [2.24, 2.45) is 5.10 Å². The van der Waals surface area contributed by atoms with Gasteiger partial charge in [-0.1, -0.05) is 15.9 Å². The lowest BCUT2D eigenvalue weighted by Crippen LogP contribution is -2.43. The van der Waals surface area contributed by atoms with Gasteiger partial charge >= 0.3 is 0 Å². The number of hydrogen-bond donors (Lipinski definition) is 0. The highest BCUT2D eigenvalue weighted by Gasteiger charge is 2.19. The fourth-order valence-corrected chi connectivity index (χ4v) is 4.45. The molecule has 2 heterocycles. The summed E-state index contributed by atoms with van der Waals surface area (Å²) in [6, 6.07) is 8.83. The molecule has 2 aromatic carbocycles. The summed E-state index contributed by atoms with van der Waals surface area (Å²) in [6.07, 6.45) is 1.54. The SMILES string of the molecule is COc1cc(C=Nn2c(C)nc3ccc(Br)cc3c2=O)cc(Br)c1OCC(=O)N1CCOCC1. The van der Waals surface area contributed by atoms with E-state index in [0.717, 1.165) is 4.47 Å². The lowest BCUT2D eigenvalue weighted by molar-refractivity contribution is -0.137. The molecular formula is C23H22Br2N4O5. The lowest BCUT2D eigenvalue weighted by atomic mass is 10.2. The number of carbonyl (C=O) groups is 1. The van der Waals surface area contributed by atoms with Crippen LogP contribution in [0.25, 0.3) is 10.9 Å². The summed E-state index contributed by atoms with van der Waals surface area (Å²) < 4.78 is 19.1. The zero-order valence-electron chi connectivity index (χ0n) is 18.6. The Morgan fingerprint density at radius 2 is 2.00 bits per heavy atom. The third-order valence-electron chi connectivity index (χ3n) is 5.25. The highest BCUT2D eigenvalue weighted by Crippen LogP contribution is 2.36. The van der Waals surface area contributed by atoms with Crippen LogP contribution >= 0.6 is 31.9 Å². The van der Waals surface area contributed by atoms with Crippen molar-refractivity contribution in [2.75, 3.05) is 40.0 Å². The molecule has 9 nitrogen and oxygen atoms in total. The predicted molar refractivity (Wildman–Crippen MR) is 135 cm³/mol. The van der Waals surface area contributed by atoms with Crippen LogP contribution < -0.4 is 15.0 Å². The van der Waals surface area contributed by atoms with Gasteiger partial charge in [-0.15, -0.1) is 0 Å². The third kappa shape index (κ3) is 5.31. The summed E-state index contributed by atoms with van der Waals surface area (Å²) in [7, 11) is 1.51. The van der Waals surface area contributed by atoms with Crippen LogP contribution in [-0.2, 0) is 9.53 Å². The van der Waals surface area contributed by atoms with E-state index in [9.17, 15) is 9.59 Å². The number of benzene rings is 2. The van der Waals surface area contributed by atoms with E-state index in [0.29, 0.717) is 64.6 Å². The minimum absolute atomic E-state index is 0.116. The first-order chi connectivity index (χ1) is 16.4. The third-order valence-corrected chi connectivity index (χ3v) is 6.33. The van der Waals surface area contributed by atoms with Crippen molar-refractivity contribution in [1.29, 1.82) is 0 Å². The molecule has 0 N–H and O–H groups in total. The lowest BCUT2D eigenvalue weighted by Gasteiger charge is -2.26. The fraction of sp³-hybridized carbons (Fsp3) is 0.304. The van der Waals surface area contributed by atoms with Gasteiger partial charge in [0, 0.05) is 17.6 Å². The van der Waals surface area contributed by atoms with Crippen LogP contribution in [0.5, 0.6) is 11.5 Å². The molecule has 0 bridgehead atoms. The van der Waals surface area contributed by atoms with Crippen LogP contribution in [0, 0.1) is 6.92 Å². The average molecular weight is 594 g/mol. The van der Waals surface area contributed by atoms with Gasteiger partial charge in [-0.3, -0.25) is 9.59 Å². The highest BCUT2D eigenvalue weighted by molar-refractivity contribution is 9.10. The average Bonchev–Trinajstić information content (AvgIpc) is 2.83. The van der Waals surface area contributed by atoms with Gasteiger partial charge in [-0.25, -0.2) is 4.98 Å². The summed E-state index contributed by atoms with van der Waals surface area (Å²) in [6.45, 7) is 3.76.